The van der Waals surface area contributed by atoms with Gasteiger partial charge in [0.1, 0.15) is 12.3 Å². The third kappa shape index (κ3) is 1.85. The maximum Gasteiger partial charge on any atom is 0.139 e. The van der Waals surface area contributed by atoms with Crippen molar-refractivity contribution in [3.63, 3.8) is 0 Å². The molecule has 0 aliphatic rings. The molecule has 1 heterocycles. The molecule has 12 heavy (non-hydrogen) atoms. The van der Waals surface area contributed by atoms with Crippen LogP contribution in [-0.4, -0.2) is 18.3 Å². The fourth-order valence-corrected chi connectivity index (χ4v) is 0.909. The molecule has 0 bridgehead atoms. The maximum absolute atomic E-state index is 5.73. The Morgan fingerprint density at radius 3 is 3.08 bits per heavy atom. The zero-order valence-electron chi connectivity index (χ0n) is 6.49. The molecule has 1 aromatic heterocycles. The van der Waals surface area contributed by atoms with Gasteiger partial charge in [-0.15, -0.1) is 0 Å². The Balaban J connectivity index is 3.04. The monoisotopic (exact) mass is 185 g/mol. The van der Waals surface area contributed by atoms with E-state index in [-0.39, 0.29) is 0 Å². The lowest BCUT2D eigenvalue weighted by molar-refractivity contribution is 0.215. The minimum atomic E-state index is 0.316. The van der Waals surface area contributed by atoms with Crippen molar-refractivity contribution < 1.29 is 4.84 Å². The van der Waals surface area contributed by atoms with Gasteiger partial charge in [0.15, 0.2) is 0 Å². The van der Waals surface area contributed by atoms with Crippen LogP contribution >= 0.6 is 11.6 Å². The molecule has 64 valence electrons. The lowest BCUT2D eigenvalue weighted by Gasteiger charge is -1.99. The number of aromatic nitrogens is 1. The number of pyridine rings is 1. The van der Waals surface area contributed by atoms with Crippen molar-refractivity contribution in [1.29, 1.82) is 0 Å². The summed E-state index contributed by atoms with van der Waals surface area (Å²) in [6, 6.07) is 1.64. The van der Waals surface area contributed by atoms with Gasteiger partial charge in [0, 0.05) is 11.9 Å². The van der Waals surface area contributed by atoms with E-state index in [1.165, 1.54) is 19.5 Å². The number of nitrogen functional groups attached to an aromatic ring is 1. The molecule has 1 rings (SSSR count). The van der Waals surface area contributed by atoms with Crippen molar-refractivity contribution in [1.82, 2.24) is 4.98 Å². The minimum Gasteiger partial charge on any atom is -0.399 e. The van der Waals surface area contributed by atoms with Crippen molar-refractivity contribution in [2.24, 2.45) is 5.16 Å². The lowest BCUT2D eigenvalue weighted by Crippen LogP contribution is -1.95. The highest BCUT2D eigenvalue weighted by Gasteiger charge is 2.01. The summed E-state index contributed by atoms with van der Waals surface area (Å²) in [5.41, 5.74) is 6.69. The van der Waals surface area contributed by atoms with Crippen LogP contribution in [0.15, 0.2) is 17.4 Å². The highest BCUT2D eigenvalue weighted by atomic mass is 35.5. The summed E-state index contributed by atoms with van der Waals surface area (Å²) in [5.74, 6) is 0. The van der Waals surface area contributed by atoms with Gasteiger partial charge in [-0.3, -0.25) is 0 Å². The van der Waals surface area contributed by atoms with E-state index in [0.717, 1.165) is 0 Å². The third-order valence-electron chi connectivity index (χ3n) is 1.26. The molecular weight excluding hydrogens is 178 g/mol. The zero-order valence-corrected chi connectivity index (χ0v) is 7.25. The molecule has 0 fully saturated rings. The molecular formula is C7H8ClN3O. The summed E-state index contributed by atoms with van der Waals surface area (Å²) in [5, 5.41) is 3.85. The normalized spacial score (nSPS) is 10.5. The van der Waals surface area contributed by atoms with Gasteiger partial charge in [-0.2, -0.15) is 0 Å². The van der Waals surface area contributed by atoms with Crippen LogP contribution in [0.25, 0.3) is 0 Å². The van der Waals surface area contributed by atoms with E-state index < -0.39 is 0 Å². The van der Waals surface area contributed by atoms with Crippen molar-refractivity contribution >= 4 is 23.5 Å². The Morgan fingerprint density at radius 1 is 1.75 bits per heavy atom. The molecule has 5 heteroatoms. The molecule has 0 atom stereocenters. The first-order valence-corrected chi connectivity index (χ1v) is 3.60. The minimum absolute atomic E-state index is 0.316. The number of nitrogens with two attached hydrogens (primary N) is 1. The molecule has 0 unspecified atom stereocenters. The first kappa shape index (κ1) is 8.80. The van der Waals surface area contributed by atoms with E-state index >= 15 is 0 Å². The number of hydrogen-bond acceptors (Lipinski definition) is 4. The Hall–Kier alpha value is -1.29. The fraction of sp³-hybridized carbons (Fsp3) is 0.143. The second kappa shape index (κ2) is 3.92. The largest absolute Gasteiger partial charge is 0.399 e. The number of rotatable bonds is 2. The number of hydrogen-bond donors (Lipinski definition) is 1. The van der Waals surface area contributed by atoms with Crippen LogP contribution < -0.4 is 5.73 Å². The molecule has 1 aromatic rings. The van der Waals surface area contributed by atoms with Crippen LogP contribution in [0.2, 0.25) is 5.15 Å². The molecule has 0 amide bonds. The number of anilines is 1. The average molecular weight is 186 g/mol. The van der Waals surface area contributed by atoms with Gasteiger partial charge in [0.2, 0.25) is 0 Å². The van der Waals surface area contributed by atoms with Crippen LogP contribution in [0.5, 0.6) is 0 Å². The SMILES string of the molecule is CO/N=C/c1c(N)ccnc1Cl. The molecule has 0 aliphatic heterocycles. The summed E-state index contributed by atoms with van der Waals surface area (Å²) in [7, 11) is 1.44. The van der Waals surface area contributed by atoms with E-state index in [0.29, 0.717) is 16.4 Å². The molecule has 0 saturated carbocycles. The Kier molecular flexibility index (Phi) is 2.88. The molecule has 0 saturated heterocycles. The summed E-state index contributed by atoms with van der Waals surface area (Å²) in [6.07, 6.45) is 2.95. The van der Waals surface area contributed by atoms with E-state index in [1.54, 1.807) is 6.07 Å². The first-order valence-electron chi connectivity index (χ1n) is 3.22. The number of halogens is 1. The summed E-state index contributed by atoms with van der Waals surface area (Å²) >= 11 is 5.73. The Morgan fingerprint density at radius 2 is 2.50 bits per heavy atom. The van der Waals surface area contributed by atoms with E-state index in [9.17, 15) is 0 Å². The summed E-state index contributed by atoms with van der Waals surface area (Å²) in [4.78, 5) is 8.31. The molecule has 0 aromatic carbocycles. The van der Waals surface area contributed by atoms with Gasteiger partial charge in [-0.1, -0.05) is 16.8 Å². The predicted molar refractivity (Wildman–Crippen MR) is 48.3 cm³/mol. The van der Waals surface area contributed by atoms with Crippen LogP contribution in [0.4, 0.5) is 5.69 Å². The standard InChI is InChI=1S/C7H8ClN3O/c1-12-11-4-5-6(9)2-3-10-7(5)8/h2-4H,1H3,(H2,9,10)/b11-4+. The second-order valence-electron chi connectivity index (χ2n) is 2.02. The Bertz CT molecular complexity index is 280. The van der Waals surface area contributed by atoms with Gasteiger partial charge in [-0.05, 0) is 6.07 Å². The van der Waals surface area contributed by atoms with E-state index in [1.807, 2.05) is 0 Å². The molecule has 0 radical (unpaired) electrons. The van der Waals surface area contributed by atoms with Crippen LogP contribution in [0, 0.1) is 0 Å². The van der Waals surface area contributed by atoms with Gasteiger partial charge >= 0.3 is 0 Å². The summed E-state index contributed by atoms with van der Waals surface area (Å²) in [6.45, 7) is 0. The topological polar surface area (TPSA) is 60.5 Å². The molecule has 0 spiro atoms. The van der Waals surface area contributed by atoms with Crippen LogP contribution in [0.3, 0.4) is 0 Å². The zero-order chi connectivity index (χ0) is 8.97. The third-order valence-corrected chi connectivity index (χ3v) is 1.56. The Labute approximate surface area is 75.0 Å². The fourth-order valence-electron chi connectivity index (χ4n) is 0.695. The lowest BCUT2D eigenvalue weighted by atomic mass is 10.2. The number of nitrogens with zero attached hydrogens (tertiary/aromatic N) is 2. The van der Waals surface area contributed by atoms with Crippen molar-refractivity contribution in [3.8, 4) is 0 Å². The van der Waals surface area contributed by atoms with Gasteiger partial charge in [-0.25, -0.2) is 4.98 Å². The van der Waals surface area contributed by atoms with Gasteiger partial charge < -0.3 is 10.6 Å². The molecule has 4 nitrogen and oxygen atoms in total. The predicted octanol–water partition coefficient (Wildman–Crippen LogP) is 1.30. The highest BCUT2D eigenvalue weighted by Crippen LogP contribution is 2.16. The van der Waals surface area contributed by atoms with Gasteiger partial charge in [0.25, 0.3) is 0 Å². The van der Waals surface area contributed by atoms with Crippen molar-refractivity contribution in [2.75, 3.05) is 12.8 Å². The smallest absolute Gasteiger partial charge is 0.139 e. The van der Waals surface area contributed by atoms with E-state index in [4.69, 9.17) is 17.3 Å². The summed E-state index contributed by atoms with van der Waals surface area (Å²) < 4.78 is 0. The second-order valence-corrected chi connectivity index (χ2v) is 2.38. The maximum atomic E-state index is 5.73. The van der Waals surface area contributed by atoms with Crippen LogP contribution in [0.1, 0.15) is 5.56 Å². The first-order chi connectivity index (χ1) is 5.75. The highest BCUT2D eigenvalue weighted by molar-refractivity contribution is 6.32. The quantitative estimate of drug-likeness (QED) is 0.429. The van der Waals surface area contributed by atoms with Crippen LogP contribution in [-0.2, 0) is 4.84 Å². The average Bonchev–Trinajstić information content (AvgIpc) is 2.04. The molecule has 0 aliphatic carbocycles. The van der Waals surface area contributed by atoms with Gasteiger partial charge in [0.05, 0.1) is 11.8 Å². The van der Waals surface area contributed by atoms with Crippen molar-refractivity contribution in [2.45, 2.75) is 0 Å². The molecule has 2 N–H and O–H groups in total. The van der Waals surface area contributed by atoms with Crippen molar-refractivity contribution in [3.05, 3.63) is 23.0 Å². The van der Waals surface area contributed by atoms with E-state index in [2.05, 4.69) is 15.0 Å². The number of oxime groups is 1.